The summed E-state index contributed by atoms with van der Waals surface area (Å²) in [6.07, 6.45) is 1.72. The van der Waals surface area contributed by atoms with Gasteiger partial charge < -0.3 is 5.32 Å². The molecule has 2 aromatic rings. The molecule has 1 amide bonds. The van der Waals surface area contributed by atoms with Crippen LogP contribution in [0, 0.1) is 5.92 Å². The normalized spacial score (nSPS) is 11.1. The van der Waals surface area contributed by atoms with Crippen molar-refractivity contribution in [3.8, 4) is 0 Å². The minimum Gasteiger partial charge on any atom is -0.302 e. The Morgan fingerprint density at radius 2 is 2.17 bits per heavy atom. The Hall–Kier alpha value is -0.940. The first kappa shape index (κ1) is 13.5. The average molecular weight is 327 g/mol. The molecule has 0 saturated heterocycles. The maximum Gasteiger partial charge on any atom is 0.229 e. The van der Waals surface area contributed by atoms with Crippen LogP contribution in [0.25, 0.3) is 10.2 Å². The van der Waals surface area contributed by atoms with E-state index in [9.17, 15) is 4.79 Å². The number of nitrogens with zero attached hydrogens (tertiary/aromatic N) is 1. The van der Waals surface area contributed by atoms with Gasteiger partial charge in [-0.2, -0.15) is 0 Å². The van der Waals surface area contributed by atoms with Crippen molar-refractivity contribution in [3.05, 3.63) is 22.7 Å². The van der Waals surface area contributed by atoms with Crippen LogP contribution in [0.4, 0.5) is 5.13 Å². The third-order valence-corrected chi connectivity index (χ3v) is 4.36. The number of fused-ring (bicyclic) bond motifs is 1. The second-order valence-electron chi connectivity index (χ2n) is 4.13. The van der Waals surface area contributed by atoms with E-state index in [4.69, 9.17) is 0 Å². The number of amides is 1. The molecule has 5 heteroatoms. The third kappa shape index (κ3) is 2.90. The van der Waals surface area contributed by atoms with Crippen molar-refractivity contribution in [1.29, 1.82) is 0 Å². The fourth-order valence-corrected chi connectivity index (χ4v) is 3.24. The Labute approximate surface area is 119 Å². The predicted molar refractivity (Wildman–Crippen MR) is 80.0 cm³/mol. The summed E-state index contributed by atoms with van der Waals surface area (Å²) < 4.78 is 2.10. The number of benzene rings is 1. The third-order valence-electron chi connectivity index (χ3n) is 2.94. The van der Waals surface area contributed by atoms with Crippen molar-refractivity contribution in [2.24, 2.45) is 5.92 Å². The van der Waals surface area contributed by atoms with Crippen molar-refractivity contribution in [2.45, 2.75) is 26.7 Å². The quantitative estimate of drug-likeness (QED) is 0.902. The molecule has 0 radical (unpaired) electrons. The Balaban J connectivity index is 2.19. The van der Waals surface area contributed by atoms with Crippen LogP contribution < -0.4 is 5.32 Å². The molecule has 18 heavy (non-hydrogen) atoms. The van der Waals surface area contributed by atoms with Crippen LogP contribution in [0.1, 0.15) is 26.7 Å². The maximum atomic E-state index is 12.0. The highest BCUT2D eigenvalue weighted by molar-refractivity contribution is 9.10. The van der Waals surface area contributed by atoms with E-state index in [-0.39, 0.29) is 11.8 Å². The highest BCUT2D eigenvalue weighted by Crippen LogP contribution is 2.28. The Bertz CT molecular complexity index is 563. The van der Waals surface area contributed by atoms with E-state index >= 15 is 0 Å². The summed E-state index contributed by atoms with van der Waals surface area (Å²) in [5.74, 6) is 0.141. The van der Waals surface area contributed by atoms with E-state index < -0.39 is 0 Å². The zero-order chi connectivity index (χ0) is 13.1. The highest BCUT2D eigenvalue weighted by Gasteiger charge is 2.15. The van der Waals surface area contributed by atoms with Gasteiger partial charge >= 0.3 is 0 Å². The molecule has 2 rings (SSSR count). The van der Waals surface area contributed by atoms with Crippen molar-refractivity contribution < 1.29 is 4.79 Å². The summed E-state index contributed by atoms with van der Waals surface area (Å²) >= 11 is 4.93. The van der Waals surface area contributed by atoms with Gasteiger partial charge in [0.15, 0.2) is 5.13 Å². The number of anilines is 1. The lowest BCUT2D eigenvalue weighted by atomic mass is 10.0. The molecule has 0 aliphatic heterocycles. The highest BCUT2D eigenvalue weighted by atomic mass is 79.9. The van der Waals surface area contributed by atoms with Gasteiger partial charge in [-0.3, -0.25) is 4.79 Å². The lowest BCUT2D eigenvalue weighted by molar-refractivity contribution is -0.120. The molecule has 1 aromatic heterocycles. The van der Waals surface area contributed by atoms with E-state index in [1.54, 1.807) is 0 Å². The van der Waals surface area contributed by atoms with E-state index in [0.717, 1.165) is 27.5 Å². The largest absolute Gasteiger partial charge is 0.302 e. The van der Waals surface area contributed by atoms with Crippen LogP contribution in [0.3, 0.4) is 0 Å². The topological polar surface area (TPSA) is 42.0 Å². The fourth-order valence-electron chi connectivity index (χ4n) is 1.82. The number of hydrogen-bond donors (Lipinski definition) is 1. The van der Waals surface area contributed by atoms with E-state index in [2.05, 4.69) is 26.2 Å². The Kier molecular flexibility index (Phi) is 4.35. The smallest absolute Gasteiger partial charge is 0.229 e. The molecule has 0 bridgehead atoms. The lowest BCUT2D eigenvalue weighted by Crippen LogP contribution is -2.21. The fraction of sp³-hybridized carbons (Fsp3) is 0.385. The van der Waals surface area contributed by atoms with Gasteiger partial charge in [0.25, 0.3) is 0 Å². The van der Waals surface area contributed by atoms with E-state index in [1.807, 2.05) is 32.0 Å². The molecule has 3 nitrogen and oxygen atoms in total. The zero-order valence-corrected chi connectivity index (χ0v) is 12.8. The number of halogens is 1. The number of carbonyl (C=O) groups is 1. The predicted octanol–water partition coefficient (Wildman–Crippen LogP) is 4.43. The van der Waals surface area contributed by atoms with Gasteiger partial charge in [-0.15, -0.1) is 0 Å². The van der Waals surface area contributed by atoms with Crippen LogP contribution in [-0.2, 0) is 4.79 Å². The van der Waals surface area contributed by atoms with Crippen molar-refractivity contribution >= 4 is 48.5 Å². The molecule has 0 unspecified atom stereocenters. The van der Waals surface area contributed by atoms with Gasteiger partial charge in [-0.1, -0.05) is 41.1 Å². The van der Waals surface area contributed by atoms with E-state index in [0.29, 0.717) is 5.13 Å². The molecule has 0 atom stereocenters. The molecular formula is C13H15BrN2OS. The van der Waals surface area contributed by atoms with Gasteiger partial charge in [-0.05, 0) is 31.0 Å². The van der Waals surface area contributed by atoms with Crippen LogP contribution in [-0.4, -0.2) is 10.9 Å². The molecule has 0 fully saturated rings. The molecule has 96 valence electrons. The van der Waals surface area contributed by atoms with Crippen LogP contribution in [0.5, 0.6) is 0 Å². The Morgan fingerprint density at radius 1 is 1.44 bits per heavy atom. The summed E-state index contributed by atoms with van der Waals surface area (Å²) in [5, 5.41) is 3.59. The molecule has 1 N–H and O–H groups in total. The van der Waals surface area contributed by atoms with Gasteiger partial charge in [0, 0.05) is 10.4 Å². The van der Waals surface area contributed by atoms with Gasteiger partial charge in [0.2, 0.25) is 5.91 Å². The molecule has 1 aromatic carbocycles. The van der Waals surface area contributed by atoms with Crippen molar-refractivity contribution in [3.63, 3.8) is 0 Å². The molecule has 1 heterocycles. The second kappa shape index (κ2) is 5.80. The number of thiazole rings is 1. The Morgan fingerprint density at radius 3 is 2.83 bits per heavy atom. The zero-order valence-electron chi connectivity index (χ0n) is 10.4. The van der Waals surface area contributed by atoms with Gasteiger partial charge in [-0.25, -0.2) is 4.98 Å². The molecular weight excluding hydrogens is 312 g/mol. The lowest BCUT2D eigenvalue weighted by Gasteiger charge is -2.10. The summed E-state index contributed by atoms with van der Waals surface area (Å²) in [4.78, 5) is 16.4. The van der Waals surface area contributed by atoms with Crippen molar-refractivity contribution in [1.82, 2.24) is 4.98 Å². The summed E-state index contributed by atoms with van der Waals surface area (Å²) in [5.41, 5.74) is 0.919. The van der Waals surface area contributed by atoms with E-state index in [1.165, 1.54) is 11.3 Å². The van der Waals surface area contributed by atoms with Crippen molar-refractivity contribution in [2.75, 3.05) is 5.32 Å². The molecule has 0 spiro atoms. The van der Waals surface area contributed by atoms with Gasteiger partial charge in [0.05, 0.1) is 10.2 Å². The monoisotopic (exact) mass is 326 g/mol. The minimum atomic E-state index is 0.0677. The maximum absolute atomic E-state index is 12.0. The minimum absolute atomic E-state index is 0.0677. The SMILES string of the molecule is CCC(CC)C(=O)Nc1nc2ccc(Br)cc2s1. The molecule has 0 saturated carbocycles. The molecule has 0 aliphatic rings. The number of aromatic nitrogens is 1. The summed E-state index contributed by atoms with van der Waals surface area (Å²) in [6.45, 7) is 4.06. The number of rotatable bonds is 4. The standard InChI is InChI=1S/C13H15BrN2OS/c1-3-8(4-2)12(17)16-13-15-10-6-5-9(14)7-11(10)18-13/h5-8H,3-4H2,1-2H3,(H,15,16,17). The van der Waals surface area contributed by atoms with Crippen LogP contribution in [0.15, 0.2) is 22.7 Å². The first-order chi connectivity index (χ1) is 8.63. The average Bonchev–Trinajstić information content (AvgIpc) is 2.71. The summed E-state index contributed by atoms with van der Waals surface area (Å²) in [6, 6.07) is 5.91. The van der Waals surface area contributed by atoms with Crippen LogP contribution in [0.2, 0.25) is 0 Å². The first-order valence-electron chi connectivity index (χ1n) is 6.01. The molecule has 0 aliphatic carbocycles. The van der Waals surface area contributed by atoms with Crippen LogP contribution >= 0.6 is 27.3 Å². The van der Waals surface area contributed by atoms with Gasteiger partial charge in [0.1, 0.15) is 0 Å². The number of carbonyl (C=O) groups excluding carboxylic acids is 1. The second-order valence-corrected chi connectivity index (χ2v) is 6.08. The summed E-state index contributed by atoms with van der Waals surface area (Å²) in [7, 11) is 0. The number of hydrogen-bond acceptors (Lipinski definition) is 3. The number of nitrogens with one attached hydrogen (secondary N) is 1. The first-order valence-corrected chi connectivity index (χ1v) is 7.62.